The maximum absolute atomic E-state index is 13.5. The Morgan fingerprint density at radius 3 is 2.41 bits per heavy atom. The fourth-order valence-electron chi connectivity index (χ4n) is 8.80. The van der Waals surface area contributed by atoms with E-state index in [2.05, 4.69) is 29.4 Å². The van der Waals surface area contributed by atoms with E-state index in [-0.39, 0.29) is 47.5 Å². The van der Waals surface area contributed by atoms with Crippen LogP contribution in [-0.4, -0.2) is 82.3 Å². The van der Waals surface area contributed by atoms with Gasteiger partial charge in [0, 0.05) is 62.6 Å². The third kappa shape index (κ3) is 9.68. The first kappa shape index (κ1) is 43.9. The molecule has 14 heteroatoms. The molecule has 0 saturated carbocycles. The Labute approximate surface area is 363 Å². The number of nitrogens with zero attached hydrogens (tertiary/aromatic N) is 4. The number of rotatable bonds is 14. The molecule has 322 valence electrons. The van der Waals surface area contributed by atoms with Crippen LogP contribution in [0.1, 0.15) is 127 Å². The van der Waals surface area contributed by atoms with Crippen LogP contribution in [0.4, 0.5) is 0 Å². The van der Waals surface area contributed by atoms with Crippen LogP contribution in [0.25, 0.3) is 0 Å². The Balaban J connectivity index is 0.974. The molecule has 1 atom stereocenters. The zero-order chi connectivity index (χ0) is 43.6. The van der Waals surface area contributed by atoms with Crippen molar-refractivity contribution in [1.29, 1.82) is 0 Å². The summed E-state index contributed by atoms with van der Waals surface area (Å²) in [5.41, 5.74) is 6.95. The number of aryl methyl sites for hydroxylation is 2. The van der Waals surface area contributed by atoms with Crippen LogP contribution in [-0.2, 0) is 50.0 Å². The lowest BCUT2D eigenvalue weighted by Crippen LogP contribution is -2.52. The topological polar surface area (TPSA) is 156 Å². The normalized spacial score (nSPS) is 17.3. The molecule has 2 fully saturated rings. The molecule has 0 radical (unpaired) electrons. The number of benzene rings is 3. The molecule has 0 spiro atoms. The zero-order valence-electron chi connectivity index (χ0n) is 35.5. The van der Waals surface area contributed by atoms with Crippen molar-refractivity contribution < 1.29 is 32.3 Å². The highest BCUT2D eigenvalue weighted by Crippen LogP contribution is 2.37. The number of halogens is 1. The molecular weight excluding hydrogens is 814 g/mol. The predicted molar refractivity (Wildman–Crippen MR) is 232 cm³/mol. The third-order valence-corrected chi connectivity index (χ3v) is 14.7. The van der Waals surface area contributed by atoms with Crippen LogP contribution in [0.3, 0.4) is 0 Å². The first-order chi connectivity index (χ1) is 29.1. The number of likely N-dealkylation sites (tertiary alicyclic amines) is 1. The molecule has 61 heavy (non-hydrogen) atoms. The summed E-state index contributed by atoms with van der Waals surface area (Å²) in [5.74, 6) is 0.753. The molecule has 0 aliphatic carbocycles. The summed E-state index contributed by atoms with van der Waals surface area (Å²) in [4.78, 5) is 64.1. The van der Waals surface area contributed by atoms with E-state index in [4.69, 9.17) is 21.3 Å². The van der Waals surface area contributed by atoms with Gasteiger partial charge >= 0.3 is 0 Å². The first-order valence-corrected chi connectivity index (χ1v) is 23.2. The molecule has 2 saturated heterocycles. The number of fused-ring (bicyclic) bond motifs is 1. The van der Waals surface area contributed by atoms with Crippen molar-refractivity contribution in [3.05, 3.63) is 116 Å². The SMILES string of the molecule is Cc1cc(Cc2ncc(Cl)c(Cc3ccccc3S(=O)(=O)C(C)C)n2)c(OC(C)C)cc1C1CCN(C(=O)CCCc2cccc3c2CN(C2CCC(=O)NC2=O)C3=O)CC1. The maximum atomic E-state index is 13.5. The number of nitrogens with one attached hydrogen (secondary N) is 1. The Morgan fingerprint density at radius 2 is 1.69 bits per heavy atom. The number of aromatic nitrogens is 2. The van der Waals surface area contributed by atoms with Crippen molar-refractivity contribution in [2.45, 2.75) is 127 Å². The summed E-state index contributed by atoms with van der Waals surface area (Å²) in [6, 6.07) is 16.2. The molecule has 3 aliphatic rings. The molecule has 0 bridgehead atoms. The molecule has 4 heterocycles. The summed E-state index contributed by atoms with van der Waals surface area (Å²) < 4.78 is 32.7. The summed E-state index contributed by atoms with van der Waals surface area (Å²) >= 11 is 6.59. The van der Waals surface area contributed by atoms with Gasteiger partial charge in [-0.2, -0.15) is 0 Å². The van der Waals surface area contributed by atoms with E-state index < -0.39 is 27.0 Å². The van der Waals surface area contributed by atoms with E-state index in [0.29, 0.717) is 79.4 Å². The number of carbonyl (C=O) groups is 4. The number of hydrogen-bond acceptors (Lipinski definition) is 9. The summed E-state index contributed by atoms with van der Waals surface area (Å²) in [5, 5.41) is 2.16. The number of sulfone groups is 1. The molecule has 1 unspecified atom stereocenters. The lowest BCUT2D eigenvalue weighted by atomic mass is 9.85. The number of ether oxygens (including phenoxy) is 1. The minimum Gasteiger partial charge on any atom is -0.491 e. The van der Waals surface area contributed by atoms with Gasteiger partial charge in [-0.05, 0) is 119 Å². The second-order valence-corrected chi connectivity index (χ2v) is 19.9. The van der Waals surface area contributed by atoms with E-state index in [9.17, 15) is 27.6 Å². The Bertz CT molecular complexity index is 2460. The number of hydrogen-bond donors (Lipinski definition) is 1. The Morgan fingerprint density at radius 1 is 0.951 bits per heavy atom. The van der Waals surface area contributed by atoms with Gasteiger partial charge in [0.2, 0.25) is 17.7 Å². The molecule has 4 aromatic rings. The lowest BCUT2D eigenvalue weighted by Gasteiger charge is -2.33. The van der Waals surface area contributed by atoms with Crippen LogP contribution < -0.4 is 10.1 Å². The second-order valence-electron chi connectivity index (χ2n) is 17.0. The highest BCUT2D eigenvalue weighted by atomic mass is 35.5. The van der Waals surface area contributed by atoms with Crippen molar-refractivity contribution in [2.75, 3.05) is 13.1 Å². The van der Waals surface area contributed by atoms with Crippen molar-refractivity contribution >= 4 is 45.1 Å². The molecule has 3 aromatic carbocycles. The standard InChI is InChI=1S/C47H54ClN5O7S/c1-28(2)60-41-25-36(30(5)22-34(41)24-43-49-26-38(48)39(50-43)23-33-10-6-7-14-42(33)61(58,59)29(3)4)32-18-20-52(21-19-32)45(55)15-9-12-31-11-8-13-35-37(31)27-53(47(35)57)40-16-17-44(54)51-46(40)56/h6-8,10-11,13-14,22,25-26,28-29,32,40H,9,12,15-21,23-24,27H2,1-5H3,(H,51,54,56). The van der Waals surface area contributed by atoms with Gasteiger partial charge < -0.3 is 14.5 Å². The fraction of sp³-hybridized carbons (Fsp3) is 0.447. The molecular formula is C47H54ClN5O7S. The number of piperidine rings is 2. The minimum atomic E-state index is -3.51. The van der Waals surface area contributed by atoms with Crippen LogP contribution in [0.15, 0.2) is 65.7 Å². The summed E-state index contributed by atoms with van der Waals surface area (Å²) in [6.45, 7) is 11.1. The van der Waals surface area contributed by atoms with Crippen LogP contribution in [0.5, 0.6) is 5.75 Å². The van der Waals surface area contributed by atoms with Crippen molar-refractivity contribution in [2.24, 2.45) is 0 Å². The first-order valence-electron chi connectivity index (χ1n) is 21.3. The zero-order valence-corrected chi connectivity index (χ0v) is 37.1. The highest BCUT2D eigenvalue weighted by molar-refractivity contribution is 7.92. The Kier molecular flexibility index (Phi) is 13.3. The summed E-state index contributed by atoms with van der Waals surface area (Å²) in [6.07, 6.45) is 6.01. The minimum absolute atomic E-state index is 0.0726. The van der Waals surface area contributed by atoms with Crippen LogP contribution >= 0.6 is 11.6 Å². The van der Waals surface area contributed by atoms with Gasteiger partial charge in [-0.15, -0.1) is 0 Å². The largest absolute Gasteiger partial charge is 0.491 e. The van der Waals surface area contributed by atoms with Gasteiger partial charge in [-0.25, -0.2) is 18.4 Å². The molecule has 1 aromatic heterocycles. The van der Waals surface area contributed by atoms with E-state index in [1.54, 1.807) is 49.2 Å². The third-order valence-electron chi connectivity index (χ3n) is 12.1. The molecule has 7 rings (SSSR count). The quantitative estimate of drug-likeness (QED) is 0.131. The van der Waals surface area contributed by atoms with E-state index in [0.717, 1.165) is 40.8 Å². The van der Waals surface area contributed by atoms with Gasteiger partial charge in [0.1, 0.15) is 17.6 Å². The monoisotopic (exact) mass is 867 g/mol. The number of imide groups is 1. The Hall–Kier alpha value is -5.14. The molecule has 12 nitrogen and oxygen atoms in total. The van der Waals surface area contributed by atoms with Gasteiger partial charge in [-0.3, -0.25) is 24.5 Å². The van der Waals surface area contributed by atoms with Crippen molar-refractivity contribution in [1.82, 2.24) is 25.1 Å². The predicted octanol–water partition coefficient (Wildman–Crippen LogP) is 7.08. The van der Waals surface area contributed by atoms with E-state index >= 15 is 0 Å². The summed E-state index contributed by atoms with van der Waals surface area (Å²) in [7, 11) is -3.51. The second kappa shape index (κ2) is 18.5. The smallest absolute Gasteiger partial charge is 0.255 e. The van der Waals surface area contributed by atoms with E-state index in [1.165, 1.54) is 5.56 Å². The number of amides is 4. The molecule has 4 amide bonds. The lowest BCUT2D eigenvalue weighted by molar-refractivity contribution is -0.137. The fourth-order valence-corrected chi connectivity index (χ4v) is 10.2. The van der Waals surface area contributed by atoms with Gasteiger partial charge in [0.05, 0.1) is 27.0 Å². The maximum Gasteiger partial charge on any atom is 0.255 e. The van der Waals surface area contributed by atoms with Crippen LogP contribution in [0.2, 0.25) is 5.02 Å². The van der Waals surface area contributed by atoms with Crippen molar-refractivity contribution in [3.8, 4) is 5.75 Å². The van der Waals surface area contributed by atoms with E-state index in [1.807, 2.05) is 36.9 Å². The van der Waals surface area contributed by atoms with Crippen molar-refractivity contribution in [3.63, 3.8) is 0 Å². The average molecular weight is 868 g/mol. The van der Waals surface area contributed by atoms with Crippen LogP contribution in [0, 0.1) is 6.92 Å². The molecule has 3 aliphatic heterocycles. The van der Waals surface area contributed by atoms with Gasteiger partial charge in [0.25, 0.3) is 5.91 Å². The average Bonchev–Trinajstić information content (AvgIpc) is 3.56. The molecule has 1 N–H and O–H groups in total. The van der Waals surface area contributed by atoms with Gasteiger partial charge in [0.15, 0.2) is 9.84 Å². The number of carbonyl (C=O) groups excluding carboxylic acids is 4. The highest BCUT2D eigenvalue weighted by Gasteiger charge is 2.40. The van der Waals surface area contributed by atoms with Gasteiger partial charge in [-0.1, -0.05) is 48.0 Å².